The van der Waals surface area contributed by atoms with E-state index >= 15 is 0 Å². The fraction of sp³-hybridized carbons (Fsp3) is 0.455. The van der Waals surface area contributed by atoms with Gasteiger partial charge in [0.05, 0.1) is 10.6 Å². The van der Waals surface area contributed by atoms with Crippen molar-refractivity contribution in [1.82, 2.24) is 5.32 Å². The second-order valence-corrected chi connectivity index (χ2v) is 4.23. The molecule has 5 heteroatoms. The quantitative estimate of drug-likeness (QED) is 0.799. The SMILES string of the molecule is FC(F)(F)c1cccc([C@@H]2CCCN2)c1Cl. The van der Waals surface area contributed by atoms with Crippen molar-refractivity contribution in [2.45, 2.75) is 25.1 Å². The second kappa shape index (κ2) is 4.26. The van der Waals surface area contributed by atoms with Crippen LogP contribution in [0.15, 0.2) is 18.2 Å². The predicted molar refractivity (Wildman–Crippen MR) is 56.4 cm³/mol. The van der Waals surface area contributed by atoms with Crippen molar-refractivity contribution in [3.05, 3.63) is 34.3 Å². The van der Waals surface area contributed by atoms with E-state index in [4.69, 9.17) is 11.6 Å². The van der Waals surface area contributed by atoms with Crippen LogP contribution in [-0.4, -0.2) is 6.54 Å². The molecule has 0 bridgehead atoms. The summed E-state index contributed by atoms with van der Waals surface area (Å²) >= 11 is 5.81. The molecule has 1 saturated heterocycles. The molecule has 1 aromatic carbocycles. The van der Waals surface area contributed by atoms with Crippen molar-refractivity contribution in [2.75, 3.05) is 6.54 Å². The average Bonchev–Trinajstić information content (AvgIpc) is 2.69. The van der Waals surface area contributed by atoms with E-state index in [1.54, 1.807) is 6.07 Å². The molecule has 1 heterocycles. The summed E-state index contributed by atoms with van der Waals surface area (Å²) in [4.78, 5) is 0. The number of nitrogens with one attached hydrogen (secondary N) is 1. The Kier molecular flexibility index (Phi) is 3.13. The zero-order chi connectivity index (χ0) is 11.8. The van der Waals surface area contributed by atoms with Crippen molar-refractivity contribution in [3.63, 3.8) is 0 Å². The highest BCUT2D eigenvalue weighted by Crippen LogP contribution is 2.39. The van der Waals surface area contributed by atoms with E-state index in [1.165, 1.54) is 6.07 Å². The molecule has 0 aliphatic carbocycles. The van der Waals surface area contributed by atoms with Crippen LogP contribution < -0.4 is 5.32 Å². The van der Waals surface area contributed by atoms with E-state index in [2.05, 4.69) is 5.32 Å². The maximum atomic E-state index is 12.6. The highest BCUT2D eigenvalue weighted by atomic mass is 35.5. The van der Waals surface area contributed by atoms with Gasteiger partial charge < -0.3 is 5.32 Å². The smallest absolute Gasteiger partial charge is 0.310 e. The largest absolute Gasteiger partial charge is 0.417 e. The van der Waals surface area contributed by atoms with Gasteiger partial charge in [-0.25, -0.2) is 0 Å². The molecule has 1 atom stereocenters. The second-order valence-electron chi connectivity index (χ2n) is 3.86. The minimum absolute atomic E-state index is 0.0465. The van der Waals surface area contributed by atoms with E-state index in [9.17, 15) is 13.2 Å². The summed E-state index contributed by atoms with van der Waals surface area (Å²) in [6.07, 6.45) is -2.58. The first-order valence-corrected chi connectivity index (χ1v) is 5.47. The highest BCUT2D eigenvalue weighted by molar-refractivity contribution is 6.32. The molecular weight excluding hydrogens is 239 g/mol. The summed E-state index contributed by atoms with van der Waals surface area (Å²) in [6, 6.07) is 4.03. The number of alkyl halides is 3. The molecule has 0 spiro atoms. The van der Waals surface area contributed by atoms with Crippen molar-refractivity contribution in [1.29, 1.82) is 0 Å². The number of rotatable bonds is 1. The Morgan fingerprint density at radius 1 is 1.31 bits per heavy atom. The fourth-order valence-electron chi connectivity index (χ4n) is 1.99. The van der Waals surface area contributed by atoms with Crippen LogP contribution >= 0.6 is 11.6 Å². The first kappa shape index (κ1) is 11.7. The minimum Gasteiger partial charge on any atom is -0.310 e. The normalized spacial score (nSPS) is 21.4. The third kappa shape index (κ3) is 2.18. The Balaban J connectivity index is 2.40. The van der Waals surface area contributed by atoms with Crippen LogP contribution in [0.2, 0.25) is 5.02 Å². The van der Waals surface area contributed by atoms with Gasteiger partial charge in [0.2, 0.25) is 0 Å². The monoisotopic (exact) mass is 249 g/mol. The fourth-order valence-corrected chi connectivity index (χ4v) is 2.35. The molecule has 0 unspecified atom stereocenters. The number of hydrogen-bond acceptors (Lipinski definition) is 1. The summed E-state index contributed by atoms with van der Waals surface area (Å²) in [7, 11) is 0. The number of hydrogen-bond donors (Lipinski definition) is 1. The Morgan fingerprint density at radius 3 is 2.62 bits per heavy atom. The maximum absolute atomic E-state index is 12.6. The van der Waals surface area contributed by atoms with E-state index < -0.39 is 11.7 Å². The molecule has 0 radical (unpaired) electrons. The topological polar surface area (TPSA) is 12.0 Å². The standard InChI is InChI=1S/C11H11ClF3N/c12-10-7(9-5-2-6-16-9)3-1-4-8(10)11(13,14)15/h1,3-4,9,16H,2,5-6H2/t9-/m0/s1. The predicted octanol–water partition coefficient (Wildman–Crippen LogP) is 3.78. The first-order chi connectivity index (χ1) is 7.50. The molecule has 0 amide bonds. The van der Waals surface area contributed by atoms with Crippen molar-refractivity contribution >= 4 is 11.6 Å². The first-order valence-electron chi connectivity index (χ1n) is 5.09. The summed E-state index contributed by atoms with van der Waals surface area (Å²) in [5.41, 5.74) is -0.200. The van der Waals surface area contributed by atoms with Crippen LogP contribution in [0.25, 0.3) is 0 Å². The van der Waals surface area contributed by atoms with Gasteiger partial charge >= 0.3 is 6.18 Å². The Labute approximate surface area is 96.6 Å². The molecule has 1 fully saturated rings. The molecule has 1 aliphatic rings. The van der Waals surface area contributed by atoms with Crippen LogP contribution in [0.5, 0.6) is 0 Å². The molecule has 0 saturated carbocycles. The average molecular weight is 250 g/mol. The summed E-state index contributed by atoms with van der Waals surface area (Å²) in [5, 5.41) is 2.97. The van der Waals surface area contributed by atoms with Gasteiger partial charge in [-0.2, -0.15) is 13.2 Å². The molecule has 1 aromatic rings. The lowest BCUT2D eigenvalue weighted by atomic mass is 10.0. The molecule has 0 aromatic heterocycles. The van der Waals surface area contributed by atoms with E-state index in [1.807, 2.05) is 0 Å². The van der Waals surface area contributed by atoms with Crippen molar-refractivity contribution in [3.8, 4) is 0 Å². The van der Waals surface area contributed by atoms with Gasteiger partial charge in [0.15, 0.2) is 0 Å². The zero-order valence-electron chi connectivity index (χ0n) is 8.44. The molecule has 1 aliphatic heterocycles. The Bertz CT molecular complexity index is 383. The van der Waals surface area contributed by atoms with Gasteiger partial charge in [-0.15, -0.1) is 0 Å². The van der Waals surface area contributed by atoms with Gasteiger partial charge in [0, 0.05) is 6.04 Å². The van der Waals surface area contributed by atoms with Crippen molar-refractivity contribution in [2.24, 2.45) is 0 Å². The molecule has 1 nitrogen and oxygen atoms in total. The molecule has 1 N–H and O–H groups in total. The van der Waals surface area contributed by atoms with Crippen LogP contribution in [-0.2, 0) is 6.18 Å². The lowest BCUT2D eigenvalue weighted by Crippen LogP contribution is -2.15. The minimum atomic E-state index is -4.38. The third-order valence-electron chi connectivity index (χ3n) is 2.77. The molecule has 2 rings (SSSR count). The van der Waals surface area contributed by atoms with Gasteiger partial charge in [-0.3, -0.25) is 0 Å². The molecule has 16 heavy (non-hydrogen) atoms. The lowest BCUT2D eigenvalue weighted by molar-refractivity contribution is -0.137. The summed E-state index contributed by atoms with van der Waals surface area (Å²) < 4.78 is 37.8. The molecular formula is C11H11ClF3N. The van der Waals surface area contributed by atoms with Crippen LogP contribution in [0, 0.1) is 0 Å². The maximum Gasteiger partial charge on any atom is 0.417 e. The van der Waals surface area contributed by atoms with E-state index in [0.717, 1.165) is 25.5 Å². The summed E-state index contributed by atoms with van der Waals surface area (Å²) in [6.45, 7) is 0.831. The van der Waals surface area contributed by atoms with Crippen molar-refractivity contribution < 1.29 is 13.2 Å². The van der Waals surface area contributed by atoms with Gasteiger partial charge in [-0.05, 0) is 31.0 Å². The van der Waals surface area contributed by atoms with Gasteiger partial charge in [-0.1, -0.05) is 23.7 Å². The van der Waals surface area contributed by atoms with Crippen LogP contribution in [0.1, 0.15) is 30.0 Å². The van der Waals surface area contributed by atoms with Crippen LogP contribution in [0.3, 0.4) is 0 Å². The molecule has 88 valence electrons. The highest BCUT2D eigenvalue weighted by Gasteiger charge is 2.34. The summed E-state index contributed by atoms with van der Waals surface area (Å²) in [5.74, 6) is 0. The van der Waals surface area contributed by atoms with E-state index in [0.29, 0.717) is 5.56 Å². The number of benzene rings is 1. The Hall–Kier alpha value is -0.740. The van der Waals surface area contributed by atoms with E-state index in [-0.39, 0.29) is 11.1 Å². The lowest BCUT2D eigenvalue weighted by Gasteiger charge is -2.16. The van der Waals surface area contributed by atoms with Gasteiger partial charge in [0.1, 0.15) is 0 Å². The third-order valence-corrected chi connectivity index (χ3v) is 3.19. The Morgan fingerprint density at radius 2 is 2.06 bits per heavy atom. The van der Waals surface area contributed by atoms with Gasteiger partial charge in [0.25, 0.3) is 0 Å². The number of halogens is 4. The zero-order valence-corrected chi connectivity index (χ0v) is 9.20. The van der Waals surface area contributed by atoms with Crippen LogP contribution in [0.4, 0.5) is 13.2 Å².